The van der Waals surface area contributed by atoms with Gasteiger partial charge in [-0.25, -0.2) is 0 Å². The van der Waals surface area contributed by atoms with Gasteiger partial charge in [0.25, 0.3) is 0 Å². The number of hydrogen-bond donors (Lipinski definition) is 0. The molecule has 3 aromatic rings. The average Bonchev–Trinajstić information content (AvgIpc) is 3.15. The number of nitrogens with zero attached hydrogens (tertiary/aromatic N) is 4. The van der Waals surface area contributed by atoms with Crippen LogP contribution in [-0.2, 0) is 11.2 Å². The Labute approximate surface area is 192 Å². The molecule has 2 atom stereocenters. The van der Waals surface area contributed by atoms with Crippen molar-refractivity contribution in [2.45, 2.75) is 31.8 Å². The maximum Gasteiger partial charge on any atom is 0.233 e. The number of aromatic nitrogens is 3. The lowest BCUT2D eigenvalue weighted by molar-refractivity contribution is -0.130. The van der Waals surface area contributed by atoms with E-state index in [-0.39, 0.29) is 5.91 Å². The van der Waals surface area contributed by atoms with Crippen LogP contribution in [0.1, 0.15) is 31.7 Å². The van der Waals surface area contributed by atoms with Crippen molar-refractivity contribution in [1.29, 1.82) is 0 Å². The molecule has 162 valence electrons. The van der Waals surface area contributed by atoms with Crippen LogP contribution in [0.3, 0.4) is 0 Å². The molecule has 31 heavy (non-hydrogen) atoms. The van der Waals surface area contributed by atoms with Gasteiger partial charge in [0.2, 0.25) is 5.91 Å². The third-order valence-electron chi connectivity index (χ3n) is 5.54. The first kappa shape index (κ1) is 21.9. The van der Waals surface area contributed by atoms with E-state index in [1.54, 1.807) is 0 Å². The largest absolute Gasteiger partial charge is 0.341 e. The summed E-state index contributed by atoms with van der Waals surface area (Å²) in [7, 11) is 0. The number of benzene rings is 2. The third-order valence-corrected chi connectivity index (χ3v) is 6.70. The van der Waals surface area contributed by atoms with E-state index in [2.05, 4.69) is 36.2 Å². The van der Waals surface area contributed by atoms with Gasteiger partial charge in [-0.15, -0.1) is 10.2 Å². The second kappa shape index (κ2) is 9.88. The topological polar surface area (TPSA) is 51.0 Å². The lowest BCUT2D eigenvalue weighted by atomic mass is 9.92. The summed E-state index contributed by atoms with van der Waals surface area (Å²) in [5, 5.41) is 10.3. The summed E-state index contributed by atoms with van der Waals surface area (Å²) in [5.74, 6) is 2.46. The van der Waals surface area contributed by atoms with Crippen LogP contribution in [0.25, 0.3) is 5.69 Å². The first-order valence-electron chi connectivity index (χ1n) is 10.6. The van der Waals surface area contributed by atoms with Crippen LogP contribution in [0.5, 0.6) is 0 Å². The van der Waals surface area contributed by atoms with Crippen molar-refractivity contribution >= 4 is 29.3 Å². The molecule has 1 fully saturated rings. The molecule has 1 amide bonds. The van der Waals surface area contributed by atoms with Crippen molar-refractivity contribution in [2.75, 3.05) is 18.8 Å². The fourth-order valence-electron chi connectivity index (χ4n) is 4.22. The van der Waals surface area contributed by atoms with Crippen LogP contribution in [0.2, 0.25) is 5.02 Å². The minimum atomic E-state index is 0.165. The number of thioether (sulfide) groups is 1. The predicted molar refractivity (Wildman–Crippen MR) is 126 cm³/mol. The molecule has 2 unspecified atom stereocenters. The van der Waals surface area contributed by atoms with Gasteiger partial charge in [-0.1, -0.05) is 67.5 Å². The maximum absolute atomic E-state index is 12.9. The standard InChI is InChI=1S/C24H27ClN4OS/c1-17-12-18(2)15-28(14-17)23(30)16-31-24-27-26-22(13-19-6-4-3-5-7-19)29(24)21-10-8-20(25)9-11-21/h3-11,17-18H,12-16H2,1-2H3. The minimum Gasteiger partial charge on any atom is -0.341 e. The predicted octanol–water partition coefficient (Wildman–Crippen LogP) is 5.11. The Kier molecular flexibility index (Phi) is 6.98. The Morgan fingerprint density at radius 1 is 1.03 bits per heavy atom. The number of carbonyl (C=O) groups is 1. The van der Waals surface area contributed by atoms with Gasteiger partial charge in [-0.05, 0) is 48.1 Å². The van der Waals surface area contributed by atoms with Gasteiger partial charge in [0.15, 0.2) is 5.16 Å². The molecule has 1 aliphatic rings. The zero-order valence-corrected chi connectivity index (χ0v) is 19.4. The third kappa shape index (κ3) is 5.49. The Morgan fingerprint density at radius 3 is 2.39 bits per heavy atom. The Balaban J connectivity index is 1.55. The van der Waals surface area contributed by atoms with Gasteiger partial charge in [0, 0.05) is 30.2 Å². The fourth-order valence-corrected chi connectivity index (χ4v) is 5.22. The van der Waals surface area contributed by atoms with E-state index in [9.17, 15) is 4.79 Å². The normalized spacial score (nSPS) is 18.9. The molecule has 0 radical (unpaired) electrons. The number of piperidine rings is 1. The number of amides is 1. The van der Waals surface area contributed by atoms with Crippen molar-refractivity contribution < 1.29 is 4.79 Å². The number of halogens is 1. The molecule has 1 aromatic heterocycles. The van der Waals surface area contributed by atoms with E-state index >= 15 is 0 Å². The molecular weight excluding hydrogens is 428 g/mol. The summed E-state index contributed by atoms with van der Waals surface area (Å²) < 4.78 is 2.03. The lowest BCUT2D eigenvalue weighted by Gasteiger charge is -2.34. The number of carbonyl (C=O) groups excluding carboxylic acids is 1. The molecule has 2 heterocycles. The van der Waals surface area contributed by atoms with Crippen LogP contribution in [0.4, 0.5) is 0 Å². The first-order chi connectivity index (χ1) is 15.0. The van der Waals surface area contributed by atoms with Crippen molar-refractivity contribution in [1.82, 2.24) is 19.7 Å². The highest BCUT2D eigenvalue weighted by Crippen LogP contribution is 2.26. The fraction of sp³-hybridized carbons (Fsp3) is 0.375. The smallest absolute Gasteiger partial charge is 0.233 e. The monoisotopic (exact) mass is 454 g/mol. The highest BCUT2D eigenvalue weighted by atomic mass is 35.5. The van der Waals surface area contributed by atoms with Gasteiger partial charge < -0.3 is 4.90 Å². The van der Waals surface area contributed by atoms with Gasteiger partial charge >= 0.3 is 0 Å². The van der Waals surface area contributed by atoms with Crippen LogP contribution < -0.4 is 0 Å². The van der Waals surface area contributed by atoms with E-state index in [1.165, 1.54) is 18.2 Å². The van der Waals surface area contributed by atoms with E-state index in [0.717, 1.165) is 35.3 Å². The summed E-state index contributed by atoms with van der Waals surface area (Å²) in [5.41, 5.74) is 2.10. The highest BCUT2D eigenvalue weighted by Gasteiger charge is 2.26. The molecule has 5 nitrogen and oxygen atoms in total. The molecule has 1 aliphatic heterocycles. The molecule has 7 heteroatoms. The van der Waals surface area contributed by atoms with E-state index in [1.807, 2.05) is 51.9 Å². The molecule has 0 spiro atoms. The van der Waals surface area contributed by atoms with Gasteiger partial charge in [-0.2, -0.15) is 0 Å². The van der Waals surface area contributed by atoms with Gasteiger partial charge in [0.05, 0.1) is 5.75 Å². The van der Waals surface area contributed by atoms with Crippen molar-refractivity contribution in [3.63, 3.8) is 0 Å². The molecule has 0 saturated carbocycles. The number of hydrogen-bond acceptors (Lipinski definition) is 4. The maximum atomic E-state index is 12.9. The van der Waals surface area contributed by atoms with Crippen molar-refractivity contribution in [3.05, 3.63) is 71.0 Å². The summed E-state index contributed by atoms with van der Waals surface area (Å²) in [6.07, 6.45) is 1.84. The van der Waals surface area contributed by atoms with Crippen LogP contribution in [0, 0.1) is 11.8 Å². The second-order valence-corrected chi connectivity index (χ2v) is 9.79. The molecule has 2 aromatic carbocycles. The van der Waals surface area contributed by atoms with Gasteiger partial charge in [-0.3, -0.25) is 9.36 Å². The van der Waals surface area contributed by atoms with Crippen LogP contribution in [0.15, 0.2) is 59.8 Å². The van der Waals surface area contributed by atoms with E-state index in [4.69, 9.17) is 11.6 Å². The first-order valence-corrected chi connectivity index (χ1v) is 12.0. The average molecular weight is 455 g/mol. The summed E-state index contributed by atoms with van der Waals surface area (Å²) in [6, 6.07) is 17.8. The van der Waals surface area contributed by atoms with E-state index < -0.39 is 0 Å². The summed E-state index contributed by atoms with van der Waals surface area (Å²) >= 11 is 7.55. The Morgan fingerprint density at radius 2 is 1.71 bits per heavy atom. The molecular formula is C24H27ClN4OS. The van der Waals surface area contributed by atoms with Crippen LogP contribution in [-0.4, -0.2) is 44.4 Å². The molecule has 0 aliphatic carbocycles. The molecule has 4 rings (SSSR count). The van der Waals surface area contributed by atoms with Crippen molar-refractivity contribution in [3.8, 4) is 5.69 Å². The molecule has 0 bridgehead atoms. The molecule has 0 N–H and O–H groups in total. The number of likely N-dealkylation sites (tertiary alicyclic amines) is 1. The zero-order chi connectivity index (χ0) is 21.8. The summed E-state index contributed by atoms with van der Waals surface area (Å²) in [4.78, 5) is 14.9. The Hall–Kier alpha value is -2.31. The summed E-state index contributed by atoms with van der Waals surface area (Å²) in [6.45, 7) is 6.12. The van der Waals surface area contributed by atoms with Crippen molar-refractivity contribution in [2.24, 2.45) is 11.8 Å². The zero-order valence-electron chi connectivity index (χ0n) is 17.9. The van der Waals surface area contributed by atoms with E-state index in [0.29, 0.717) is 29.0 Å². The quantitative estimate of drug-likeness (QED) is 0.486. The minimum absolute atomic E-state index is 0.165. The molecule has 1 saturated heterocycles. The number of rotatable bonds is 6. The SMILES string of the molecule is CC1CC(C)CN(C(=O)CSc2nnc(Cc3ccccc3)n2-c2ccc(Cl)cc2)C1. The lowest BCUT2D eigenvalue weighted by Crippen LogP contribution is -2.43. The second-order valence-electron chi connectivity index (χ2n) is 8.41. The Bertz CT molecular complexity index is 1010. The van der Waals surface area contributed by atoms with Gasteiger partial charge in [0.1, 0.15) is 5.82 Å². The van der Waals surface area contributed by atoms with Crippen LogP contribution >= 0.6 is 23.4 Å². The highest BCUT2D eigenvalue weighted by molar-refractivity contribution is 7.99.